The molecule has 0 unspecified atom stereocenters. The first-order valence-corrected chi connectivity index (χ1v) is 4.58. The van der Waals surface area contributed by atoms with Crippen LogP contribution in [0, 0.1) is 0 Å². The lowest BCUT2D eigenvalue weighted by Gasteiger charge is -2.03. The fraction of sp³-hybridized carbons (Fsp3) is 0.333. The maximum absolute atomic E-state index is 13.2. The van der Waals surface area contributed by atoms with E-state index in [9.17, 15) is 8.78 Å². The molecule has 0 aliphatic carbocycles. The van der Waals surface area contributed by atoms with E-state index in [4.69, 9.17) is 0 Å². The summed E-state index contributed by atoms with van der Waals surface area (Å²) >= 11 is 0. The molecule has 0 aliphatic heterocycles. The van der Waals surface area contributed by atoms with E-state index in [0.29, 0.717) is 5.57 Å². The average molecular weight is 198 g/mol. The highest BCUT2D eigenvalue weighted by atomic mass is 19.2. The molecule has 0 aliphatic rings. The van der Waals surface area contributed by atoms with Crippen LogP contribution in [0.3, 0.4) is 0 Å². The molecule has 0 aromatic rings. The molecule has 2 heteroatoms. The molecule has 0 saturated heterocycles. The molecule has 78 valence electrons. The minimum absolute atomic E-state index is 0.0934. The number of allylic oxidation sites excluding steroid dienone is 6. The van der Waals surface area contributed by atoms with Crippen molar-refractivity contribution in [3.8, 4) is 0 Å². The molecule has 0 amide bonds. The minimum Gasteiger partial charge on any atom is -0.204 e. The lowest BCUT2D eigenvalue weighted by atomic mass is 10.1. The Bertz CT molecular complexity index is 283. The third kappa shape index (κ3) is 3.69. The van der Waals surface area contributed by atoms with E-state index in [1.54, 1.807) is 6.92 Å². The van der Waals surface area contributed by atoms with Crippen LogP contribution in [0.4, 0.5) is 8.78 Å². The summed E-state index contributed by atoms with van der Waals surface area (Å²) in [6, 6.07) is 0. The van der Waals surface area contributed by atoms with Crippen molar-refractivity contribution in [1.82, 2.24) is 0 Å². The number of halogens is 2. The van der Waals surface area contributed by atoms with Gasteiger partial charge in [-0.15, -0.1) is 0 Å². The van der Waals surface area contributed by atoms with E-state index in [-0.39, 0.29) is 5.57 Å². The van der Waals surface area contributed by atoms with E-state index in [0.717, 1.165) is 18.9 Å². The SMILES string of the molecule is C=C/C(F)=C(/F)C(=C)/C(C)=C/CCC. The quantitative estimate of drug-likeness (QED) is 0.565. The molecule has 0 atom stereocenters. The molecular weight excluding hydrogens is 182 g/mol. The monoisotopic (exact) mass is 198 g/mol. The first kappa shape index (κ1) is 12.8. The van der Waals surface area contributed by atoms with Crippen molar-refractivity contribution in [1.29, 1.82) is 0 Å². The van der Waals surface area contributed by atoms with Gasteiger partial charge >= 0.3 is 0 Å². The van der Waals surface area contributed by atoms with Gasteiger partial charge in [-0.2, -0.15) is 0 Å². The number of rotatable bonds is 5. The Morgan fingerprint density at radius 1 is 1.36 bits per heavy atom. The summed E-state index contributed by atoms with van der Waals surface area (Å²) in [6.07, 6.45) is 4.50. The number of hydrogen-bond acceptors (Lipinski definition) is 0. The van der Waals surface area contributed by atoms with Gasteiger partial charge in [-0.05, 0) is 25.0 Å². The van der Waals surface area contributed by atoms with Gasteiger partial charge in [-0.25, -0.2) is 8.78 Å². The molecule has 0 saturated carbocycles. The normalized spacial score (nSPS) is 13.6. The molecule has 0 N–H and O–H groups in total. The van der Waals surface area contributed by atoms with Crippen LogP contribution in [-0.2, 0) is 0 Å². The first-order chi connectivity index (χ1) is 6.54. The van der Waals surface area contributed by atoms with E-state index in [2.05, 4.69) is 13.2 Å². The standard InChI is InChI=1S/C12H16F2/c1-5-7-8-9(3)10(4)12(14)11(13)6-2/h6,8H,2,4-5,7H2,1,3H3/b9-8+,12-11-. The van der Waals surface area contributed by atoms with E-state index in [1.165, 1.54) is 0 Å². The fourth-order valence-electron chi connectivity index (χ4n) is 0.891. The van der Waals surface area contributed by atoms with E-state index in [1.807, 2.05) is 13.0 Å². The zero-order valence-electron chi connectivity index (χ0n) is 8.74. The molecule has 0 aromatic carbocycles. The summed E-state index contributed by atoms with van der Waals surface area (Å²) in [5, 5.41) is 0. The van der Waals surface area contributed by atoms with Crippen molar-refractivity contribution >= 4 is 0 Å². The largest absolute Gasteiger partial charge is 0.204 e. The average Bonchev–Trinajstić information content (AvgIpc) is 2.22. The number of unbranched alkanes of at least 4 members (excludes halogenated alkanes) is 1. The second-order valence-corrected chi connectivity index (χ2v) is 3.02. The third-order valence-corrected chi connectivity index (χ3v) is 1.87. The third-order valence-electron chi connectivity index (χ3n) is 1.87. The molecule has 14 heavy (non-hydrogen) atoms. The van der Waals surface area contributed by atoms with Gasteiger partial charge in [0, 0.05) is 5.57 Å². The summed E-state index contributed by atoms with van der Waals surface area (Å²) in [5.41, 5.74) is 0.761. The Labute approximate surface area is 84.3 Å². The lowest BCUT2D eigenvalue weighted by molar-refractivity contribution is 0.566. The number of hydrogen-bond donors (Lipinski definition) is 0. The first-order valence-electron chi connectivity index (χ1n) is 4.58. The van der Waals surface area contributed by atoms with Crippen LogP contribution in [0.15, 0.2) is 48.1 Å². The molecule has 0 rings (SSSR count). The maximum Gasteiger partial charge on any atom is 0.165 e. The summed E-state index contributed by atoms with van der Waals surface area (Å²) in [6.45, 7) is 10.4. The van der Waals surface area contributed by atoms with Crippen LogP contribution in [-0.4, -0.2) is 0 Å². The second kappa shape index (κ2) is 6.30. The van der Waals surface area contributed by atoms with E-state index < -0.39 is 11.7 Å². The molecule has 0 aromatic heterocycles. The Morgan fingerprint density at radius 3 is 2.36 bits per heavy atom. The van der Waals surface area contributed by atoms with Gasteiger partial charge in [-0.1, -0.05) is 32.6 Å². The predicted molar refractivity (Wildman–Crippen MR) is 57.2 cm³/mol. The van der Waals surface area contributed by atoms with Gasteiger partial charge < -0.3 is 0 Å². The Balaban J connectivity index is 4.71. The summed E-state index contributed by atoms with van der Waals surface area (Å²) in [5.74, 6) is -1.89. The van der Waals surface area contributed by atoms with Gasteiger partial charge in [0.2, 0.25) is 0 Å². The fourth-order valence-corrected chi connectivity index (χ4v) is 0.891. The molecule has 0 radical (unpaired) electrons. The topological polar surface area (TPSA) is 0 Å². The highest BCUT2D eigenvalue weighted by molar-refractivity contribution is 5.42. The van der Waals surface area contributed by atoms with Gasteiger partial charge in [0.25, 0.3) is 0 Å². The van der Waals surface area contributed by atoms with Crippen LogP contribution >= 0.6 is 0 Å². The van der Waals surface area contributed by atoms with Crippen LogP contribution < -0.4 is 0 Å². The van der Waals surface area contributed by atoms with Crippen molar-refractivity contribution in [3.05, 3.63) is 48.1 Å². The Hall–Kier alpha value is -1.18. The van der Waals surface area contributed by atoms with Gasteiger partial charge in [0.05, 0.1) is 0 Å². The molecular formula is C12H16F2. The van der Waals surface area contributed by atoms with Gasteiger partial charge in [-0.3, -0.25) is 0 Å². The highest BCUT2D eigenvalue weighted by Gasteiger charge is 2.08. The smallest absolute Gasteiger partial charge is 0.165 e. The second-order valence-electron chi connectivity index (χ2n) is 3.02. The summed E-state index contributed by atoms with van der Waals surface area (Å²) < 4.78 is 25.9. The molecule has 0 spiro atoms. The van der Waals surface area contributed by atoms with Crippen LogP contribution in [0.25, 0.3) is 0 Å². The highest BCUT2D eigenvalue weighted by Crippen LogP contribution is 2.23. The van der Waals surface area contributed by atoms with Gasteiger partial charge in [0.1, 0.15) is 0 Å². The van der Waals surface area contributed by atoms with Crippen molar-refractivity contribution < 1.29 is 8.78 Å². The predicted octanol–water partition coefficient (Wildman–Crippen LogP) is 4.63. The van der Waals surface area contributed by atoms with Crippen molar-refractivity contribution in [2.45, 2.75) is 26.7 Å². The summed E-state index contributed by atoms with van der Waals surface area (Å²) in [7, 11) is 0. The Morgan fingerprint density at radius 2 is 1.93 bits per heavy atom. The van der Waals surface area contributed by atoms with Crippen molar-refractivity contribution in [3.63, 3.8) is 0 Å². The minimum atomic E-state index is -0.959. The zero-order chi connectivity index (χ0) is 11.1. The zero-order valence-corrected chi connectivity index (χ0v) is 8.74. The van der Waals surface area contributed by atoms with Crippen LogP contribution in [0.1, 0.15) is 26.7 Å². The molecule has 0 fully saturated rings. The van der Waals surface area contributed by atoms with Crippen LogP contribution in [0.2, 0.25) is 0 Å². The maximum atomic E-state index is 13.2. The van der Waals surface area contributed by atoms with Gasteiger partial charge in [0.15, 0.2) is 11.7 Å². The molecule has 0 bridgehead atoms. The lowest BCUT2D eigenvalue weighted by Crippen LogP contribution is -1.87. The van der Waals surface area contributed by atoms with E-state index >= 15 is 0 Å². The molecule has 0 heterocycles. The Kier molecular flexibility index (Phi) is 5.77. The summed E-state index contributed by atoms with van der Waals surface area (Å²) in [4.78, 5) is 0. The molecule has 0 nitrogen and oxygen atoms in total. The van der Waals surface area contributed by atoms with Crippen LogP contribution in [0.5, 0.6) is 0 Å². The van der Waals surface area contributed by atoms with Crippen molar-refractivity contribution in [2.24, 2.45) is 0 Å². The van der Waals surface area contributed by atoms with Crippen molar-refractivity contribution in [2.75, 3.05) is 0 Å².